The lowest BCUT2D eigenvalue weighted by atomic mass is 10.4. The van der Waals surface area contributed by atoms with Gasteiger partial charge in [0.25, 0.3) is 11.5 Å². The molecule has 0 spiro atoms. The molecule has 0 fully saturated rings. The average Bonchev–Trinajstić information content (AvgIpc) is 2.64. The van der Waals surface area contributed by atoms with Crippen LogP contribution >= 0.6 is 11.3 Å². The molecule has 0 bridgehead atoms. The molecule has 2 aromatic heterocycles. The summed E-state index contributed by atoms with van der Waals surface area (Å²) in [6, 6.07) is 1.13. The second kappa shape index (κ2) is 4.23. The van der Waals surface area contributed by atoms with Crippen molar-refractivity contribution in [1.82, 2.24) is 15.0 Å². The molecule has 2 rings (SSSR count). The number of anilines is 1. The quantitative estimate of drug-likeness (QED) is 0.806. The molecule has 0 aliphatic rings. The first-order chi connectivity index (χ1) is 7.65. The Hall–Kier alpha value is -2.02. The smallest absolute Gasteiger partial charge is 0.276 e. The number of amides is 1. The monoisotopic (exact) mass is 236 g/mol. The number of hydrogen-bond acceptors (Lipinski definition) is 5. The first-order valence-electron chi connectivity index (χ1n) is 4.43. The van der Waals surface area contributed by atoms with Crippen LogP contribution in [0.5, 0.6) is 0 Å². The maximum atomic E-state index is 11.6. The van der Waals surface area contributed by atoms with Crippen molar-refractivity contribution in [3.05, 3.63) is 39.5 Å². The van der Waals surface area contributed by atoms with Crippen LogP contribution in [0.2, 0.25) is 0 Å². The van der Waals surface area contributed by atoms with E-state index < -0.39 is 5.91 Å². The van der Waals surface area contributed by atoms with E-state index in [0.717, 1.165) is 11.8 Å². The number of aryl methyl sites for hydroxylation is 1. The zero-order valence-corrected chi connectivity index (χ0v) is 9.17. The molecule has 0 aliphatic heterocycles. The lowest BCUT2D eigenvalue weighted by Crippen LogP contribution is -2.17. The fourth-order valence-corrected chi connectivity index (χ4v) is 1.75. The van der Waals surface area contributed by atoms with Crippen LogP contribution < -0.4 is 10.9 Å². The van der Waals surface area contributed by atoms with Gasteiger partial charge >= 0.3 is 0 Å². The van der Waals surface area contributed by atoms with Crippen molar-refractivity contribution >= 4 is 22.4 Å². The molecule has 0 aromatic carbocycles. The molecule has 0 aliphatic carbocycles. The summed E-state index contributed by atoms with van der Waals surface area (Å²) in [5.74, 6) is -0.444. The summed E-state index contributed by atoms with van der Waals surface area (Å²) < 4.78 is 0. The normalized spacial score (nSPS) is 10.1. The third-order valence-corrected chi connectivity index (χ3v) is 2.63. The van der Waals surface area contributed by atoms with Crippen LogP contribution in [0.15, 0.2) is 22.6 Å². The second-order valence-electron chi connectivity index (χ2n) is 3.04. The highest BCUT2D eigenvalue weighted by Crippen LogP contribution is 2.14. The number of carbonyl (C=O) groups excluding carboxylic acids is 1. The first kappa shape index (κ1) is 10.5. The Morgan fingerprint density at radius 3 is 3.00 bits per heavy atom. The van der Waals surface area contributed by atoms with E-state index in [9.17, 15) is 9.59 Å². The van der Waals surface area contributed by atoms with Gasteiger partial charge in [-0.3, -0.25) is 14.9 Å². The van der Waals surface area contributed by atoms with Crippen LogP contribution in [-0.4, -0.2) is 20.9 Å². The van der Waals surface area contributed by atoms with Crippen molar-refractivity contribution in [3.8, 4) is 0 Å². The van der Waals surface area contributed by atoms with E-state index >= 15 is 0 Å². The van der Waals surface area contributed by atoms with E-state index in [4.69, 9.17) is 0 Å². The predicted molar refractivity (Wildman–Crippen MR) is 59.7 cm³/mol. The Bertz CT molecular complexity index is 575. The zero-order chi connectivity index (χ0) is 11.5. The number of aromatic amines is 1. The minimum Gasteiger partial charge on any atom is -0.313 e. The third-order valence-electron chi connectivity index (χ3n) is 1.75. The van der Waals surface area contributed by atoms with Gasteiger partial charge in [-0.2, -0.15) is 0 Å². The molecule has 82 valence electrons. The SMILES string of the molecule is Cc1csc(NC(=O)c2cc(=O)[nH]cn2)n1. The van der Waals surface area contributed by atoms with Crippen LogP contribution in [0.1, 0.15) is 16.2 Å². The fourth-order valence-electron chi connectivity index (χ4n) is 1.07. The number of thiazole rings is 1. The maximum absolute atomic E-state index is 11.6. The van der Waals surface area contributed by atoms with Crippen molar-refractivity contribution in [2.45, 2.75) is 6.92 Å². The van der Waals surface area contributed by atoms with Gasteiger partial charge in [-0.1, -0.05) is 0 Å². The topological polar surface area (TPSA) is 87.7 Å². The standard InChI is InChI=1S/C9H8N4O2S/c1-5-3-16-9(12-5)13-8(15)6-2-7(14)11-4-10-6/h2-4H,1H3,(H,10,11,14)(H,12,13,15). The van der Waals surface area contributed by atoms with Gasteiger partial charge in [0.1, 0.15) is 5.69 Å². The van der Waals surface area contributed by atoms with Gasteiger partial charge in [0.05, 0.1) is 12.0 Å². The van der Waals surface area contributed by atoms with Crippen molar-refractivity contribution in [3.63, 3.8) is 0 Å². The molecule has 1 amide bonds. The molecule has 0 unspecified atom stereocenters. The Balaban J connectivity index is 2.17. The van der Waals surface area contributed by atoms with Gasteiger partial charge in [0.2, 0.25) is 0 Å². The van der Waals surface area contributed by atoms with Crippen LogP contribution in [0, 0.1) is 6.92 Å². The number of nitrogens with zero attached hydrogens (tertiary/aromatic N) is 2. The van der Waals surface area contributed by atoms with E-state index in [-0.39, 0.29) is 11.3 Å². The van der Waals surface area contributed by atoms with E-state index in [0.29, 0.717) is 5.13 Å². The van der Waals surface area contributed by atoms with Gasteiger partial charge in [0.15, 0.2) is 5.13 Å². The summed E-state index contributed by atoms with van der Waals surface area (Å²) in [6.07, 6.45) is 1.18. The van der Waals surface area contributed by atoms with Crippen LogP contribution in [0.3, 0.4) is 0 Å². The highest BCUT2D eigenvalue weighted by atomic mass is 32.1. The number of carbonyl (C=O) groups is 1. The predicted octanol–water partition coefficient (Wildman–Crippen LogP) is 0.787. The molecule has 2 heterocycles. The molecule has 0 atom stereocenters. The number of rotatable bonds is 2. The van der Waals surface area contributed by atoms with Crippen molar-refractivity contribution in [1.29, 1.82) is 0 Å². The minimum atomic E-state index is -0.444. The molecule has 0 radical (unpaired) electrons. The van der Waals surface area contributed by atoms with Gasteiger partial charge in [-0.25, -0.2) is 9.97 Å². The molecular formula is C9H8N4O2S. The lowest BCUT2D eigenvalue weighted by Gasteiger charge is -1.99. The molecule has 0 saturated carbocycles. The number of hydrogen-bond donors (Lipinski definition) is 2. The molecule has 16 heavy (non-hydrogen) atoms. The van der Waals surface area contributed by atoms with Crippen LogP contribution in [0.4, 0.5) is 5.13 Å². The fraction of sp³-hybridized carbons (Fsp3) is 0.111. The maximum Gasteiger partial charge on any atom is 0.276 e. The van der Waals surface area contributed by atoms with E-state index in [1.165, 1.54) is 17.7 Å². The zero-order valence-electron chi connectivity index (χ0n) is 8.35. The largest absolute Gasteiger partial charge is 0.313 e. The summed E-state index contributed by atoms with van der Waals surface area (Å²) in [5.41, 5.74) is 0.534. The number of H-pyrrole nitrogens is 1. The number of nitrogens with one attached hydrogen (secondary N) is 2. The van der Waals surface area contributed by atoms with Crippen molar-refractivity contribution in [2.75, 3.05) is 5.32 Å². The Kier molecular flexibility index (Phi) is 2.78. The summed E-state index contributed by atoms with van der Waals surface area (Å²) in [7, 11) is 0. The summed E-state index contributed by atoms with van der Waals surface area (Å²) in [6.45, 7) is 1.83. The number of aromatic nitrogens is 3. The average molecular weight is 236 g/mol. The molecule has 6 nitrogen and oxygen atoms in total. The second-order valence-corrected chi connectivity index (χ2v) is 3.90. The lowest BCUT2D eigenvalue weighted by molar-refractivity contribution is 0.102. The van der Waals surface area contributed by atoms with E-state index in [2.05, 4.69) is 20.3 Å². The van der Waals surface area contributed by atoms with Crippen molar-refractivity contribution in [2.24, 2.45) is 0 Å². The van der Waals surface area contributed by atoms with Crippen LogP contribution in [0.25, 0.3) is 0 Å². The minimum absolute atomic E-state index is 0.0663. The Morgan fingerprint density at radius 2 is 2.38 bits per heavy atom. The molecule has 2 N–H and O–H groups in total. The van der Waals surface area contributed by atoms with Gasteiger partial charge in [-0.05, 0) is 6.92 Å². The van der Waals surface area contributed by atoms with E-state index in [1.54, 1.807) is 0 Å². The van der Waals surface area contributed by atoms with Crippen LogP contribution in [-0.2, 0) is 0 Å². The van der Waals surface area contributed by atoms with Gasteiger partial charge in [0, 0.05) is 11.4 Å². The molecule has 0 saturated heterocycles. The first-order valence-corrected chi connectivity index (χ1v) is 5.31. The summed E-state index contributed by atoms with van der Waals surface area (Å²) in [5, 5.41) is 4.87. The van der Waals surface area contributed by atoms with Gasteiger partial charge < -0.3 is 4.98 Å². The molecule has 7 heteroatoms. The molecular weight excluding hydrogens is 228 g/mol. The highest BCUT2D eigenvalue weighted by Gasteiger charge is 2.09. The Morgan fingerprint density at radius 1 is 1.56 bits per heavy atom. The van der Waals surface area contributed by atoms with Crippen molar-refractivity contribution < 1.29 is 4.79 Å². The summed E-state index contributed by atoms with van der Waals surface area (Å²) in [4.78, 5) is 32.7. The van der Waals surface area contributed by atoms with E-state index in [1.807, 2.05) is 12.3 Å². The Labute approximate surface area is 94.4 Å². The third kappa shape index (κ3) is 2.31. The molecule has 2 aromatic rings. The highest BCUT2D eigenvalue weighted by molar-refractivity contribution is 7.13. The van der Waals surface area contributed by atoms with Gasteiger partial charge in [-0.15, -0.1) is 11.3 Å². The summed E-state index contributed by atoms with van der Waals surface area (Å²) >= 11 is 1.32.